The van der Waals surface area contributed by atoms with Crippen LogP contribution in [-0.4, -0.2) is 40.0 Å². The number of hydrogen-bond donors (Lipinski definition) is 2. The van der Waals surface area contributed by atoms with Crippen LogP contribution < -0.4 is 5.32 Å². The normalized spacial score (nSPS) is 27.1. The summed E-state index contributed by atoms with van der Waals surface area (Å²) in [6, 6.07) is 1.30. The predicted octanol–water partition coefficient (Wildman–Crippen LogP) is 1.37. The quantitative estimate of drug-likeness (QED) is 0.808. The molecular weight excluding hydrogens is 200 g/mol. The number of nitrogens with zero attached hydrogens (tertiary/aromatic N) is 2. The Morgan fingerprint density at radius 3 is 2.94 bits per heavy atom. The summed E-state index contributed by atoms with van der Waals surface area (Å²) in [6.07, 6.45) is 6.10. The molecule has 1 fully saturated rings. The second-order valence-corrected chi connectivity index (χ2v) is 4.58. The van der Waals surface area contributed by atoms with Crippen LogP contribution in [-0.2, 0) is 6.54 Å². The molecular formula is C12H22N4. The minimum Gasteiger partial charge on any atom is -0.347 e. The first-order valence-corrected chi connectivity index (χ1v) is 6.28. The van der Waals surface area contributed by atoms with Gasteiger partial charge in [-0.3, -0.25) is 4.90 Å². The van der Waals surface area contributed by atoms with E-state index in [4.69, 9.17) is 0 Å². The first-order valence-electron chi connectivity index (χ1n) is 6.28. The van der Waals surface area contributed by atoms with Gasteiger partial charge in [-0.1, -0.05) is 13.8 Å². The van der Waals surface area contributed by atoms with Gasteiger partial charge in [-0.15, -0.1) is 0 Å². The van der Waals surface area contributed by atoms with Crippen LogP contribution in [0.3, 0.4) is 0 Å². The zero-order valence-corrected chi connectivity index (χ0v) is 10.2. The molecule has 0 aliphatic carbocycles. The highest BCUT2D eigenvalue weighted by molar-refractivity contribution is 4.96. The topological polar surface area (TPSA) is 44.0 Å². The lowest BCUT2D eigenvalue weighted by Crippen LogP contribution is -2.55. The maximum Gasteiger partial charge on any atom is 0.0922 e. The van der Waals surface area contributed by atoms with E-state index >= 15 is 0 Å². The summed E-state index contributed by atoms with van der Waals surface area (Å²) in [4.78, 5) is 9.84. The van der Waals surface area contributed by atoms with Gasteiger partial charge in [0.15, 0.2) is 0 Å². The Morgan fingerprint density at radius 1 is 1.44 bits per heavy atom. The van der Waals surface area contributed by atoms with Gasteiger partial charge in [0.05, 0.1) is 6.33 Å². The third-order valence-corrected chi connectivity index (χ3v) is 3.51. The number of imidazole rings is 1. The molecule has 1 aliphatic rings. The Morgan fingerprint density at radius 2 is 2.31 bits per heavy atom. The van der Waals surface area contributed by atoms with E-state index in [1.54, 1.807) is 6.33 Å². The summed E-state index contributed by atoms with van der Waals surface area (Å²) in [7, 11) is 0. The van der Waals surface area contributed by atoms with Crippen molar-refractivity contribution in [3.8, 4) is 0 Å². The minimum absolute atomic E-state index is 0.644. The lowest BCUT2D eigenvalue weighted by Gasteiger charge is -2.39. The second kappa shape index (κ2) is 5.46. The molecule has 2 atom stereocenters. The monoisotopic (exact) mass is 222 g/mol. The van der Waals surface area contributed by atoms with E-state index in [0.717, 1.165) is 19.6 Å². The van der Waals surface area contributed by atoms with Gasteiger partial charge in [0.25, 0.3) is 0 Å². The zero-order valence-electron chi connectivity index (χ0n) is 10.2. The van der Waals surface area contributed by atoms with Gasteiger partial charge >= 0.3 is 0 Å². The fourth-order valence-electron chi connectivity index (χ4n) is 2.39. The molecule has 1 aromatic heterocycles. The molecule has 16 heavy (non-hydrogen) atoms. The van der Waals surface area contributed by atoms with Gasteiger partial charge in [-0.2, -0.15) is 0 Å². The van der Waals surface area contributed by atoms with Crippen molar-refractivity contribution in [3.63, 3.8) is 0 Å². The molecule has 1 aromatic rings. The number of aromatic nitrogens is 2. The number of H-pyrrole nitrogens is 1. The van der Waals surface area contributed by atoms with Crippen LogP contribution in [0.2, 0.25) is 0 Å². The fourth-order valence-corrected chi connectivity index (χ4v) is 2.39. The summed E-state index contributed by atoms with van der Waals surface area (Å²) in [5.41, 5.74) is 1.22. The van der Waals surface area contributed by atoms with Gasteiger partial charge in [-0.25, -0.2) is 4.98 Å². The molecule has 2 unspecified atom stereocenters. The summed E-state index contributed by atoms with van der Waals surface area (Å²) in [5.74, 6) is 0. The fraction of sp³-hybridized carbons (Fsp3) is 0.750. The summed E-state index contributed by atoms with van der Waals surface area (Å²) < 4.78 is 0. The van der Waals surface area contributed by atoms with Gasteiger partial charge in [0.2, 0.25) is 0 Å². The van der Waals surface area contributed by atoms with E-state index in [-0.39, 0.29) is 0 Å². The van der Waals surface area contributed by atoms with Crippen LogP contribution in [0.25, 0.3) is 0 Å². The minimum atomic E-state index is 0.644. The van der Waals surface area contributed by atoms with Crippen molar-refractivity contribution >= 4 is 0 Å². The molecule has 90 valence electrons. The average molecular weight is 222 g/mol. The standard InChI is InChI=1S/C12H22N4/c1-3-10-7-16(12(4-2)6-14-10)8-11-5-13-9-15-11/h5,9-10,12,14H,3-4,6-8H2,1-2H3,(H,13,15). The number of aromatic amines is 1. The predicted molar refractivity (Wildman–Crippen MR) is 65.2 cm³/mol. The van der Waals surface area contributed by atoms with Crippen molar-refractivity contribution in [1.29, 1.82) is 0 Å². The van der Waals surface area contributed by atoms with E-state index in [0.29, 0.717) is 12.1 Å². The lowest BCUT2D eigenvalue weighted by molar-refractivity contribution is 0.116. The van der Waals surface area contributed by atoms with Gasteiger partial charge in [0, 0.05) is 43.6 Å². The van der Waals surface area contributed by atoms with E-state index in [1.807, 2.05) is 6.20 Å². The first kappa shape index (κ1) is 11.6. The van der Waals surface area contributed by atoms with Crippen molar-refractivity contribution in [2.24, 2.45) is 0 Å². The Labute approximate surface area is 97.4 Å². The summed E-state index contributed by atoms with van der Waals surface area (Å²) in [5, 5.41) is 3.61. The van der Waals surface area contributed by atoms with E-state index < -0.39 is 0 Å². The highest BCUT2D eigenvalue weighted by atomic mass is 15.2. The molecule has 1 aliphatic heterocycles. The summed E-state index contributed by atoms with van der Waals surface area (Å²) in [6.45, 7) is 7.77. The average Bonchev–Trinajstić information content (AvgIpc) is 2.82. The lowest BCUT2D eigenvalue weighted by atomic mass is 10.1. The van der Waals surface area contributed by atoms with Crippen molar-refractivity contribution in [3.05, 3.63) is 18.2 Å². The third kappa shape index (κ3) is 2.62. The number of rotatable bonds is 4. The molecule has 2 heterocycles. The largest absolute Gasteiger partial charge is 0.347 e. The molecule has 0 radical (unpaired) electrons. The maximum absolute atomic E-state index is 4.08. The van der Waals surface area contributed by atoms with Gasteiger partial charge < -0.3 is 10.3 Å². The van der Waals surface area contributed by atoms with Gasteiger partial charge in [-0.05, 0) is 12.8 Å². The van der Waals surface area contributed by atoms with E-state index in [2.05, 4.69) is 34.0 Å². The Balaban J connectivity index is 1.97. The molecule has 0 amide bonds. The molecule has 0 aromatic carbocycles. The number of nitrogens with one attached hydrogen (secondary N) is 2. The van der Waals surface area contributed by atoms with Crippen molar-refractivity contribution in [1.82, 2.24) is 20.2 Å². The Bertz CT molecular complexity index is 296. The van der Waals surface area contributed by atoms with Crippen molar-refractivity contribution in [2.45, 2.75) is 45.3 Å². The SMILES string of the molecule is CCC1CN(Cc2cnc[nH]2)C(CC)CN1. The highest BCUT2D eigenvalue weighted by Gasteiger charge is 2.25. The molecule has 0 saturated carbocycles. The van der Waals surface area contributed by atoms with Crippen LogP contribution >= 0.6 is 0 Å². The molecule has 2 N–H and O–H groups in total. The van der Waals surface area contributed by atoms with Crippen LogP contribution in [0, 0.1) is 0 Å². The third-order valence-electron chi connectivity index (χ3n) is 3.51. The zero-order chi connectivity index (χ0) is 11.4. The first-order chi connectivity index (χ1) is 7.83. The smallest absolute Gasteiger partial charge is 0.0922 e. The maximum atomic E-state index is 4.08. The van der Waals surface area contributed by atoms with E-state index in [9.17, 15) is 0 Å². The molecule has 4 nitrogen and oxygen atoms in total. The molecule has 0 bridgehead atoms. The van der Waals surface area contributed by atoms with E-state index in [1.165, 1.54) is 18.5 Å². The van der Waals surface area contributed by atoms with Crippen LogP contribution in [0.4, 0.5) is 0 Å². The van der Waals surface area contributed by atoms with Crippen LogP contribution in [0.15, 0.2) is 12.5 Å². The Hall–Kier alpha value is -0.870. The molecule has 4 heteroatoms. The Kier molecular flexibility index (Phi) is 3.96. The van der Waals surface area contributed by atoms with Crippen LogP contribution in [0.5, 0.6) is 0 Å². The molecule has 0 spiro atoms. The summed E-state index contributed by atoms with van der Waals surface area (Å²) >= 11 is 0. The number of hydrogen-bond acceptors (Lipinski definition) is 3. The van der Waals surface area contributed by atoms with Crippen molar-refractivity contribution < 1.29 is 0 Å². The second-order valence-electron chi connectivity index (χ2n) is 4.58. The number of piperazine rings is 1. The highest BCUT2D eigenvalue weighted by Crippen LogP contribution is 2.14. The molecule has 1 saturated heterocycles. The molecule has 2 rings (SSSR count). The van der Waals surface area contributed by atoms with Gasteiger partial charge in [0.1, 0.15) is 0 Å². The van der Waals surface area contributed by atoms with Crippen molar-refractivity contribution in [2.75, 3.05) is 13.1 Å². The van der Waals surface area contributed by atoms with Crippen LogP contribution in [0.1, 0.15) is 32.4 Å².